The number of thioether (sulfide) groups is 1. The van der Waals surface area contributed by atoms with Crippen LogP contribution in [0.2, 0.25) is 0 Å². The molecule has 0 radical (unpaired) electrons. The van der Waals surface area contributed by atoms with E-state index < -0.39 is 11.5 Å². The van der Waals surface area contributed by atoms with Crippen molar-refractivity contribution in [2.45, 2.75) is 19.4 Å². The number of hydrogen-bond donors (Lipinski definition) is 3. The molecule has 0 rings (SSSR count). The number of carboxylic acids is 1. The highest BCUT2D eigenvalue weighted by molar-refractivity contribution is 7.99. The van der Waals surface area contributed by atoms with Gasteiger partial charge in [-0.25, -0.2) is 0 Å². The molecule has 5 heteroatoms. The number of carbonyl (C=O) groups is 1. The Morgan fingerprint density at radius 2 is 2.23 bits per heavy atom. The van der Waals surface area contributed by atoms with Crippen LogP contribution in [0.1, 0.15) is 13.8 Å². The van der Waals surface area contributed by atoms with Crippen LogP contribution in [-0.2, 0) is 4.79 Å². The fraction of sp³-hybridized carbons (Fsp3) is 0.875. The number of aliphatic carboxylic acids is 1. The Labute approximate surface area is 82.5 Å². The van der Waals surface area contributed by atoms with Gasteiger partial charge in [-0.15, -0.1) is 0 Å². The molecule has 0 aliphatic rings. The lowest BCUT2D eigenvalue weighted by molar-refractivity contribution is -0.141. The molecule has 0 aromatic rings. The normalized spacial score (nSPS) is 17.8. The summed E-state index contributed by atoms with van der Waals surface area (Å²) in [4.78, 5) is 10.6. The zero-order chi connectivity index (χ0) is 10.5. The van der Waals surface area contributed by atoms with Crippen molar-refractivity contribution in [3.63, 3.8) is 0 Å². The van der Waals surface area contributed by atoms with Crippen molar-refractivity contribution in [2.75, 3.05) is 18.1 Å². The van der Waals surface area contributed by atoms with Gasteiger partial charge >= 0.3 is 5.97 Å². The summed E-state index contributed by atoms with van der Waals surface area (Å²) in [5.74, 6) is 0.301. The molecule has 0 heterocycles. The third-order valence-electron chi connectivity index (χ3n) is 1.60. The van der Waals surface area contributed by atoms with Crippen LogP contribution in [-0.4, -0.2) is 39.8 Å². The summed E-state index contributed by atoms with van der Waals surface area (Å²) in [7, 11) is 0. The van der Waals surface area contributed by atoms with Crippen molar-refractivity contribution in [2.24, 2.45) is 11.7 Å². The second kappa shape index (κ2) is 5.47. The summed E-state index contributed by atoms with van der Waals surface area (Å²) < 4.78 is 0. The van der Waals surface area contributed by atoms with E-state index in [2.05, 4.69) is 0 Å². The fourth-order valence-corrected chi connectivity index (χ4v) is 1.76. The molecular weight excluding hydrogens is 190 g/mol. The molecule has 0 aliphatic heterocycles. The molecule has 4 N–H and O–H groups in total. The van der Waals surface area contributed by atoms with Gasteiger partial charge in [0, 0.05) is 12.4 Å². The highest BCUT2D eigenvalue weighted by Gasteiger charge is 2.27. The maximum atomic E-state index is 10.6. The van der Waals surface area contributed by atoms with E-state index in [4.69, 9.17) is 15.9 Å². The van der Waals surface area contributed by atoms with E-state index in [1.165, 1.54) is 18.7 Å². The second-order valence-electron chi connectivity index (χ2n) is 3.53. The van der Waals surface area contributed by atoms with Crippen molar-refractivity contribution < 1.29 is 15.0 Å². The molecular formula is C8H17NO3S. The number of rotatable bonds is 6. The third-order valence-corrected chi connectivity index (χ3v) is 3.21. The predicted octanol–water partition coefficient (Wildman–Crippen LogP) is 0.150. The molecule has 0 aliphatic carbocycles. The molecule has 2 unspecified atom stereocenters. The summed E-state index contributed by atoms with van der Waals surface area (Å²) in [6.07, 6.45) is 0. The minimum atomic E-state index is -1.17. The molecule has 0 amide bonds. The number of carboxylic acid groups (broad SMARTS) is 1. The molecule has 78 valence electrons. The highest BCUT2D eigenvalue weighted by Crippen LogP contribution is 2.14. The molecule has 0 fully saturated rings. The lowest BCUT2D eigenvalue weighted by atomic mass is 10.1. The van der Waals surface area contributed by atoms with E-state index in [-0.39, 0.29) is 12.5 Å². The van der Waals surface area contributed by atoms with Crippen LogP contribution in [0.25, 0.3) is 0 Å². The second-order valence-corrected chi connectivity index (χ2v) is 4.56. The van der Waals surface area contributed by atoms with Crippen molar-refractivity contribution in [1.82, 2.24) is 0 Å². The molecule has 0 aromatic carbocycles. The number of nitrogens with two attached hydrogens (primary N) is 1. The lowest BCUT2D eigenvalue weighted by Crippen LogP contribution is -2.47. The van der Waals surface area contributed by atoms with Gasteiger partial charge < -0.3 is 15.9 Å². The van der Waals surface area contributed by atoms with Crippen LogP contribution in [0.15, 0.2) is 0 Å². The zero-order valence-electron chi connectivity index (χ0n) is 7.99. The van der Waals surface area contributed by atoms with E-state index in [1.807, 2.05) is 6.92 Å². The Balaban J connectivity index is 3.70. The third kappa shape index (κ3) is 5.13. The summed E-state index contributed by atoms with van der Waals surface area (Å²) >= 11 is 1.46. The quantitative estimate of drug-likeness (QED) is 0.577. The van der Waals surface area contributed by atoms with E-state index >= 15 is 0 Å². The SMILES string of the molecule is CC(CO)CSCC(C)(N)C(=O)O. The van der Waals surface area contributed by atoms with E-state index in [0.29, 0.717) is 5.75 Å². The Morgan fingerprint density at radius 1 is 1.69 bits per heavy atom. The molecule has 0 bridgehead atoms. The summed E-state index contributed by atoms with van der Waals surface area (Å²) in [6.45, 7) is 3.52. The molecule has 0 saturated carbocycles. The Kier molecular flexibility index (Phi) is 5.36. The number of aliphatic hydroxyl groups is 1. The van der Waals surface area contributed by atoms with Crippen molar-refractivity contribution in [3.05, 3.63) is 0 Å². The first-order chi connectivity index (χ1) is 5.90. The summed E-state index contributed by atoms with van der Waals surface area (Å²) in [6, 6.07) is 0. The van der Waals surface area contributed by atoms with Gasteiger partial charge in [-0.2, -0.15) is 11.8 Å². The average Bonchev–Trinajstić information content (AvgIpc) is 2.03. The maximum Gasteiger partial charge on any atom is 0.324 e. The standard InChI is InChI=1S/C8H17NO3S/c1-6(3-10)4-13-5-8(2,9)7(11)12/h6,10H,3-5,9H2,1-2H3,(H,11,12). The van der Waals surface area contributed by atoms with E-state index in [1.54, 1.807) is 0 Å². The van der Waals surface area contributed by atoms with Gasteiger partial charge in [0.25, 0.3) is 0 Å². The van der Waals surface area contributed by atoms with E-state index in [9.17, 15) is 4.79 Å². The molecule has 13 heavy (non-hydrogen) atoms. The van der Waals surface area contributed by atoms with Gasteiger partial charge in [-0.3, -0.25) is 4.79 Å². The summed E-state index contributed by atoms with van der Waals surface area (Å²) in [5.41, 5.74) is 4.34. The lowest BCUT2D eigenvalue weighted by Gasteiger charge is -2.19. The van der Waals surface area contributed by atoms with Crippen molar-refractivity contribution in [3.8, 4) is 0 Å². The van der Waals surface area contributed by atoms with Gasteiger partial charge in [-0.05, 0) is 18.6 Å². The topological polar surface area (TPSA) is 83.5 Å². The van der Waals surface area contributed by atoms with Gasteiger partial charge in [0.15, 0.2) is 0 Å². The monoisotopic (exact) mass is 207 g/mol. The highest BCUT2D eigenvalue weighted by atomic mass is 32.2. The minimum absolute atomic E-state index is 0.126. The van der Waals surface area contributed by atoms with Gasteiger partial charge in [0.2, 0.25) is 0 Å². The molecule has 0 aromatic heterocycles. The van der Waals surface area contributed by atoms with Crippen molar-refractivity contribution >= 4 is 17.7 Å². The Bertz CT molecular complexity index is 173. The first-order valence-corrected chi connectivity index (χ1v) is 5.26. The fourth-order valence-electron chi connectivity index (χ4n) is 0.587. The molecule has 2 atom stereocenters. The maximum absolute atomic E-state index is 10.6. The molecule has 0 spiro atoms. The van der Waals surface area contributed by atoms with Gasteiger partial charge in [0.1, 0.15) is 5.54 Å². The predicted molar refractivity (Wildman–Crippen MR) is 53.8 cm³/mol. The first-order valence-electron chi connectivity index (χ1n) is 4.11. The molecule has 4 nitrogen and oxygen atoms in total. The largest absolute Gasteiger partial charge is 0.480 e. The smallest absolute Gasteiger partial charge is 0.324 e. The van der Waals surface area contributed by atoms with Gasteiger partial charge in [-0.1, -0.05) is 6.92 Å². The van der Waals surface area contributed by atoms with E-state index in [0.717, 1.165) is 5.75 Å². The van der Waals surface area contributed by atoms with Crippen LogP contribution in [0.3, 0.4) is 0 Å². The summed E-state index contributed by atoms with van der Waals surface area (Å²) in [5, 5.41) is 17.4. The Morgan fingerprint density at radius 3 is 2.62 bits per heavy atom. The molecule has 0 saturated heterocycles. The first kappa shape index (κ1) is 12.7. The average molecular weight is 207 g/mol. The minimum Gasteiger partial charge on any atom is -0.480 e. The van der Waals surface area contributed by atoms with Crippen LogP contribution in [0, 0.1) is 5.92 Å². The van der Waals surface area contributed by atoms with Crippen LogP contribution in [0.4, 0.5) is 0 Å². The van der Waals surface area contributed by atoms with Gasteiger partial charge in [0.05, 0.1) is 0 Å². The zero-order valence-corrected chi connectivity index (χ0v) is 8.80. The van der Waals surface area contributed by atoms with Crippen molar-refractivity contribution in [1.29, 1.82) is 0 Å². The Hall–Kier alpha value is -0.260. The van der Waals surface area contributed by atoms with Crippen LogP contribution >= 0.6 is 11.8 Å². The number of aliphatic hydroxyl groups excluding tert-OH is 1. The van der Waals surface area contributed by atoms with Crippen LogP contribution in [0.5, 0.6) is 0 Å². The van der Waals surface area contributed by atoms with Crippen LogP contribution < -0.4 is 5.73 Å². The number of hydrogen-bond acceptors (Lipinski definition) is 4.